The number of cyclic esters (lactones) is 1. The van der Waals surface area contributed by atoms with Gasteiger partial charge in [0.15, 0.2) is 23.0 Å². The highest BCUT2D eigenvalue weighted by Crippen LogP contribution is 2.56. The second kappa shape index (κ2) is 8.95. The third-order valence-electron chi connectivity index (χ3n) is 6.63. The van der Waals surface area contributed by atoms with Gasteiger partial charge in [0, 0.05) is 23.3 Å². The summed E-state index contributed by atoms with van der Waals surface area (Å²) >= 11 is 0. The summed E-state index contributed by atoms with van der Waals surface area (Å²) < 4.78 is 39.1. The Labute approximate surface area is 202 Å². The van der Waals surface area contributed by atoms with Crippen molar-refractivity contribution in [2.75, 3.05) is 34.7 Å². The summed E-state index contributed by atoms with van der Waals surface area (Å²) in [4.78, 5) is 25.5. The maximum absolute atomic E-state index is 13.1. The number of rotatable bonds is 5. The summed E-state index contributed by atoms with van der Waals surface area (Å²) in [5.74, 6) is 4.85. The summed E-state index contributed by atoms with van der Waals surface area (Å²) in [5, 5.41) is 0. The molecule has 9 heteroatoms. The van der Waals surface area contributed by atoms with Crippen LogP contribution in [-0.4, -0.2) is 46.7 Å². The number of carbonyl (C=O) groups excluding carboxylic acids is 2. The zero-order valence-corrected chi connectivity index (χ0v) is 19.7. The van der Waals surface area contributed by atoms with Crippen LogP contribution >= 0.6 is 0 Å². The molecule has 0 bridgehead atoms. The first-order valence-electron chi connectivity index (χ1n) is 11.0. The van der Waals surface area contributed by atoms with E-state index < -0.39 is 29.8 Å². The van der Waals surface area contributed by atoms with Gasteiger partial charge < -0.3 is 33.2 Å². The van der Waals surface area contributed by atoms with Gasteiger partial charge in [-0.1, -0.05) is 5.92 Å². The van der Waals surface area contributed by atoms with E-state index in [2.05, 4.69) is 11.8 Å². The second-order valence-corrected chi connectivity index (χ2v) is 8.29. The molecular formula is C26H24O9. The first-order chi connectivity index (χ1) is 17.0. The molecule has 0 unspecified atom stereocenters. The van der Waals surface area contributed by atoms with Crippen molar-refractivity contribution >= 4 is 11.9 Å². The van der Waals surface area contributed by atoms with Crippen LogP contribution in [0.2, 0.25) is 0 Å². The zero-order valence-electron chi connectivity index (χ0n) is 19.7. The lowest BCUT2D eigenvalue weighted by molar-refractivity contribution is -0.148. The molecule has 0 amide bonds. The quantitative estimate of drug-likeness (QED) is 0.363. The molecule has 0 spiro atoms. The molecule has 0 aromatic heterocycles. The lowest BCUT2D eigenvalue weighted by Crippen LogP contribution is -2.36. The number of benzene rings is 2. The minimum atomic E-state index is -0.748. The summed E-state index contributed by atoms with van der Waals surface area (Å²) in [5.41, 5.74) is 2.22. The van der Waals surface area contributed by atoms with Gasteiger partial charge in [-0.05, 0) is 42.3 Å². The van der Waals surface area contributed by atoms with Gasteiger partial charge >= 0.3 is 11.9 Å². The van der Waals surface area contributed by atoms with Gasteiger partial charge in [-0.3, -0.25) is 4.79 Å². The molecule has 182 valence electrons. The first-order valence-corrected chi connectivity index (χ1v) is 11.0. The van der Waals surface area contributed by atoms with Gasteiger partial charge in [0.05, 0.1) is 33.9 Å². The fourth-order valence-electron chi connectivity index (χ4n) is 5.19. The molecule has 3 aliphatic rings. The number of hydrogen-bond donors (Lipinski definition) is 0. The Morgan fingerprint density at radius 1 is 0.943 bits per heavy atom. The van der Waals surface area contributed by atoms with Crippen molar-refractivity contribution in [3.05, 3.63) is 41.0 Å². The maximum atomic E-state index is 13.1. The molecule has 1 saturated heterocycles. The molecule has 0 radical (unpaired) electrons. The number of fused-ring (bicyclic) bond motifs is 3. The smallest absolute Gasteiger partial charge is 0.384 e. The highest BCUT2D eigenvalue weighted by Gasteiger charge is 2.54. The van der Waals surface area contributed by atoms with Gasteiger partial charge in [0.25, 0.3) is 0 Å². The maximum Gasteiger partial charge on any atom is 0.384 e. The largest absolute Gasteiger partial charge is 0.493 e. The Bertz CT molecular complexity index is 1230. The van der Waals surface area contributed by atoms with Crippen LogP contribution < -0.4 is 23.7 Å². The molecule has 2 aromatic carbocycles. The molecule has 2 heterocycles. The van der Waals surface area contributed by atoms with Crippen LogP contribution in [0.25, 0.3) is 0 Å². The van der Waals surface area contributed by atoms with Crippen LogP contribution in [0.15, 0.2) is 24.3 Å². The number of ether oxygens (including phenoxy) is 7. The van der Waals surface area contributed by atoms with Crippen LogP contribution in [0, 0.1) is 23.7 Å². The lowest BCUT2D eigenvalue weighted by atomic mass is 9.66. The predicted octanol–water partition coefficient (Wildman–Crippen LogP) is 2.98. The summed E-state index contributed by atoms with van der Waals surface area (Å²) in [6.07, 6.45) is -0.748. The average Bonchev–Trinajstić information content (AvgIpc) is 3.48. The van der Waals surface area contributed by atoms with Crippen LogP contribution in [0.5, 0.6) is 28.7 Å². The van der Waals surface area contributed by atoms with Crippen molar-refractivity contribution in [3.63, 3.8) is 0 Å². The zero-order chi connectivity index (χ0) is 24.7. The van der Waals surface area contributed by atoms with Crippen molar-refractivity contribution < 1.29 is 42.7 Å². The molecule has 4 atom stereocenters. The van der Waals surface area contributed by atoms with E-state index in [0.29, 0.717) is 34.3 Å². The minimum Gasteiger partial charge on any atom is -0.493 e. The van der Waals surface area contributed by atoms with E-state index in [9.17, 15) is 9.59 Å². The first kappa shape index (κ1) is 22.7. The highest BCUT2D eigenvalue weighted by molar-refractivity contribution is 5.88. The fraction of sp³-hybridized carbons (Fsp3) is 0.385. The van der Waals surface area contributed by atoms with E-state index in [4.69, 9.17) is 33.2 Å². The standard InChI is InChI=1S/C26H24O9/c1-5-6-21(27)35-24-15-10-18-17(33-12-34-18)9-14(15)22(23-16(24)11-32-26(23)28)13-7-19(29-2)25(31-4)20(8-13)30-3/h7-10,16,22-24H,11-12H2,1-4H3/t16-,22+,23-,24-/m0/s1. The fourth-order valence-corrected chi connectivity index (χ4v) is 5.19. The monoisotopic (exact) mass is 480 g/mol. The molecule has 0 saturated carbocycles. The van der Waals surface area contributed by atoms with E-state index >= 15 is 0 Å². The van der Waals surface area contributed by atoms with Crippen molar-refractivity contribution in [3.8, 4) is 40.6 Å². The van der Waals surface area contributed by atoms with Gasteiger partial charge in [-0.25, -0.2) is 4.79 Å². The Morgan fingerprint density at radius 2 is 1.60 bits per heavy atom. The lowest BCUT2D eigenvalue weighted by Gasteiger charge is -2.38. The predicted molar refractivity (Wildman–Crippen MR) is 121 cm³/mol. The third-order valence-corrected chi connectivity index (χ3v) is 6.63. The Morgan fingerprint density at radius 3 is 2.20 bits per heavy atom. The van der Waals surface area contributed by atoms with Crippen LogP contribution in [0.3, 0.4) is 0 Å². The van der Waals surface area contributed by atoms with Gasteiger partial charge in [-0.15, -0.1) is 0 Å². The SMILES string of the molecule is CC#CC(=O)O[C@H]1c2cc3c(cc2[C@@H](c2cc(OC)c(OC)c(OC)c2)[C@H]2C(=O)OC[C@@H]21)OCO3. The highest BCUT2D eigenvalue weighted by atomic mass is 16.7. The Balaban J connectivity index is 1.73. The van der Waals surface area contributed by atoms with E-state index in [-0.39, 0.29) is 19.4 Å². The van der Waals surface area contributed by atoms with E-state index in [1.807, 2.05) is 18.2 Å². The Hall–Kier alpha value is -4.06. The number of methoxy groups -OCH3 is 3. The minimum absolute atomic E-state index is 0.0771. The molecule has 1 fully saturated rings. The van der Waals surface area contributed by atoms with E-state index in [1.165, 1.54) is 21.3 Å². The topological polar surface area (TPSA) is 98.8 Å². The average molecular weight is 480 g/mol. The van der Waals surface area contributed by atoms with Crippen molar-refractivity contribution in [2.24, 2.45) is 11.8 Å². The van der Waals surface area contributed by atoms with Gasteiger partial charge in [0.2, 0.25) is 12.5 Å². The van der Waals surface area contributed by atoms with Crippen LogP contribution in [0.1, 0.15) is 35.6 Å². The molecule has 35 heavy (non-hydrogen) atoms. The molecular weight excluding hydrogens is 456 g/mol. The van der Waals surface area contributed by atoms with Crippen molar-refractivity contribution in [1.82, 2.24) is 0 Å². The normalized spacial score (nSPS) is 23.3. The molecule has 2 aliphatic heterocycles. The van der Waals surface area contributed by atoms with Gasteiger partial charge in [-0.2, -0.15) is 0 Å². The number of esters is 2. The molecule has 9 nitrogen and oxygen atoms in total. The van der Waals surface area contributed by atoms with E-state index in [0.717, 1.165) is 11.1 Å². The summed E-state index contributed by atoms with van der Waals surface area (Å²) in [7, 11) is 4.59. The van der Waals surface area contributed by atoms with Crippen molar-refractivity contribution in [1.29, 1.82) is 0 Å². The number of carbonyl (C=O) groups is 2. The summed E-state index contributed by atoms with van der Waals surface area (Å²) in [6, 6.07) is 7.27. The van der Waals surface area contributed by atoms with Crippen LogP contribution in [0.4, 0.5) is 0 Å². The summed E-state index contributed by atoms with van der Waals surface area (Å²) in [6.45, 7) is 1.74. The van der Waals surface area contributed by atoms with Gasteiger partial charge in [0.1, 0.15) is 6.10 Å². The van der Waals surface area contributed by atoms with E-state index in [1.54, 1.807) is 13.0 Å². The molecule has 0 N–H and O–H groups in total. The number of hydrogen-bond acceptors (Lipinski definition) is 9. The Kier molecular flexibility index (Phi) is 5.81. The second-order valence-electron chi connectivity index (χ2n) is 8.29. The molecule has 5 rings (SSSR count). The van der Waals surface area contributed by atoms with Crippen LogP contribution in [-0.2, 0) is 19.1 Å². The molecule has 1 aliphatic carbocycles. The molecule has 2 aromatic rings. The van der Waals surface area contributed by atoms with Crippen molar-refractivity contribution in [2.45, 2.75) is 18.9 Å². The third kappa shape index (κ3) is 3.66.